The molecule has 0 bridgehead atoms. The molecule has 4 heterocycles. The predicted octanol–water partition coefficient (Wildman–Crippen LogP) is 6.85. The summed E-state index contributed by atoms with van der Waals surface area (Å²) in [5.41, 5.74) is 5.35. The molecule has 2 aromatic heterocycles. The van der Waals surface area contributed by atoms with Gasteiger partial charge in [0.2, 0.25) is 21.9 Å². The van der Waals surface area contributed by atoms with Gasteiger partial charge < -0.3 is 5.73 Å². The molecule has 2 aliphatic heterocycles. The number of sulfonamides is 1. The third-order valence-electron chi connectivity index (χ3n) is 7.80. The molecule has 0 saturated heterocycles. The van der Waals surface area contributed by atoms with Crippen LogP contribution in [0.5, 0.6) is 0 Å². The lowest BCUT2D eigenvalue weighted by Gasteiger charge is -2.10. The summed E-state index contributed by atoms with van der Waals surface area (Å²) in [6.45, 7) is 1.83. The molecule has 4 aromatic rings. The van der Waals surface area contributed by atoms with Crippen LogP contribution in [-0.4, -0.2) is 33.4 Å². The van der Waals surface area contributed by atoms with E-state index in [1.165, 1.54) is 43.0 Å². The second-order valence-corrected chi connectivity index (χ2v) is 14.5. The highest BCUT2D eigenvalue weighted by molar-refractivity contribution is 7.92. The van der Waals surface area contributed by atoms with Crippen LogP contribution in [0.4, 0.5) is 20.2 Å². The summed E-state index contributed by atoms with van der Waals surface area (Å²) in [5, 5.41) is 0.624. The van der Waals surface area contributed by atoms with E-state index in [0.717, 1.165) is 44.8 Å². The fourth-order valence-corrected chi connectivity index (χ4v) is 7.26. The number of fused-ring (bicyclic) bond motifs is 2. The maximum atomic E-state index is 14.9. The van der Waals surface area contributed by atoms with Gasteiger partial charge >= 0.3 is 0 Å². The predicted molar refractivity (Wildman–Crippen MR) is 179 cm³/mol. The number of hydrogen-bond donors (Lipinski definition) is 2. The molecule has 0 unspecified atom stereocenters. The fourth-order valence-electron chi connectivity index (χ4n) is 5.63. The van der Waals surface area contributed by atoms with Crippen molar-refractivity contribution in [3.63, 3.8) is 0 Å². The van der Waals surface area contributed by atoms with Crippen LogP contribution in [0.2, 0.25) is 20.1 Å². The number of nitrogens with zero attached hydrogens (tertiary/aromatic N) is 4. The van der Waals surface area contributed by atoms with Crippen LogP contribution in [0.3, 0.4) is 0 Å². The number of aromatic nitrogens is 4. The fraction of sp³-hybridized carbons (Fsp3) is 0.379. The molecule has 0 radical (unpaired) electrons. The molecule has 0 saturated carbocycles. The van der Waals surface area contributed by atoms with E-state index in [4.69, 9.17) is 52.1 Å². The first-order valence-electron chi connectivity index (χ1n) is 14.4. The molecule has 0 fully saturated rings. The Kier molecular flexibility index (Phi) is 10.2. The third-order valence-corrected chi connectivity index (χ3v) is 9.66. The molecule has 0 atom stereocenters. The van der Waals surface area contributed by atoms with E-state index in [9.17, 15) is 26.8 Å². The Hall–Kier alpha value is -2.97. The minimum absolute atomic E-state index is 0.0359. The van der Waals surface area contributed by atoms with Gasteiger partial charge in [-0.05, 0) is 62.8 Å². The third kappa shape index (κ3) is 6.84. The van der Waals surface area contributed by atoms with Gasteiger partial charge in [-0.25, -0.2) is 17.8 Å². The molecule has 46 heavy (non-hydrogen) atoms. The Balaban J connectivity index is 0.000000184. The van der Waals surface area contributed by atoms with Gasteiger partial charge in [0.25, 0.3) is 11.1 Å². The van der Waals surface area contributed by atoms with E-state index in [1.807, 2.05) is 0 Å². The molecule has 0 amide bonds. The lowest BCUT2D eigenvalue weighted by Crippen LogP contribution is -2.22. The summed E-state index contributed by atoms with van der Waals surface area (Å²) in [6.07, 6.45) is 6.15. The van der Waals surface area contributed by atoms with Crippen LogP contribution >= 0.6 is 46.4 Å². The average Bonchev–Trinajstić information content (AvgIpc) is 3.22. The molecular weight excluding hydrogens is 708 g/mol. The van der Waals surface area contributed by atoms with E-state index in [-0.39, 0.29) is 59.3 Å². The van der Waals surface area contributed by atoms with Crippen molar-refractivity contribution in [1.82, 2.24) is 18.7 Å². The lowest BCUT2D eigenvalue weighted by molar-refractivity contribution is 0.393. The highest BCUT2D eigenvalue weighted by atomic mass is 35.5. The van der Waals surface area contributed by atoms with E-state index in [1.54, 1.807) is 0 Å². The molecule has 0 aliphatic carbocycles. The van der Waals surface area contributed by atoms with E-state index >= 15 is 0 Å². The molecule has 6 rings (SSSR count). The zero-order valence-electron chi connectivity index (χ0n) is 24.6. The Morgan fingerprint density at radius 1 is 0.652 bits per heavy atom. The van der Waals surface area contributed by atoms with Crippen LogP contribution in [0.1, 0.15) is 38.5 Å². The number of rotatable bonds is 4. The van der Waals surface area contributed by atoms with Gasteiger partial charge in [0.15, 0.2) is 0 Å². The minimum atomic E-state index is -3.60. The molecule has 17 heteroatoms. The topological polar surface area (TPSA) is 126 Å². The largest absolute Gasteiger partial charge is 0.398 e. The van der Waals surface area contributed by atoms with Gasteiger partial charge in [0.05, 0.1) is 37.7 Å². The van der Waals surface area contributed by atoms with Crippen LogP contribution in [-0.2, 0) is 36.2 Å². The molecule has 2 aliphatic rings. The van der Waals surface area contributed by atoms with Crippen molar-refractivity contribution in [1.29, 1.82) is 0 Å². The number of nitrogen functional groups attached to an aromatic ring is 1. The quantitative estimate of drug-likeness (QED) is 0.222. The van der Waals surface area contributed by atoms with Crippen LogP contribution in [0.15, 0.2) is 33.9 Å². The Morgan fingerprint density at radius 2 is 1.07 bits per heavy atom. The Labute approximate surface area is 283 Å². The van der Waals surface area contributed by atoms with Gasteiger partial charge in [-0.3, -0.25) is 23.7 Å². The van der Waals surface area contributed by atoms with Crippen LogP contribution < -0.4 is 21.6 Å². The highest BCUT2D eigenvalue weighted by Gasteiger charge is 2.26. The summed E-state index contributed by atoms with van der Waals surface area (Å²) < 4.78 is 60.3. The van der Waals surface area contributed by atoms with Crippen molar-refractivity contribution in [2.75, 3.05) is 16.7 Å². The summed E-state index contributed by atoms with van der Waals surface area (Å²) in [5.74, 6) is -1.24. The zero-order chi connectivity index (χ0) is 33.5. The molecule has 3 N–H and O–H groups in total. The summed E-state index contributed by atoms with van der Waals surface area (Å²) in [7, 11) is -3.60. The van der Waals surface area contributed by atoms with Crippen molar-refractivity contribution in [3.8, 4) is 22.3 Å². The van der Waals surface area contributed by atoms with Crippen molar-refractivity contribution >= 4 is 67.8 Å². The van der Waals surface area contributed by atoms with Crippen LogP contribution in [0.25, 0.3) is 22.3 Å². The number of hydrogen-bond acceptors (Lipinski definition) is 5. The van der Waals surface area contributed by atoms with E-state index < -0.39 is 27.5 Å². The monoisotopic (exact) mass is 736 g/mol. The summed E-state index contributed by atoms with van der Waals surface area (Å²) in [6, 6.07) is 5.45. The number of benzene rings is 2. The second-order valence-electron chi connectivity index (χ2n) is 11.1. The standard InChI is InChI=1S/C15H16Cl2FN3O3S.C14H14Cl2FN3O/c1-25(23,24)19-12-7-9(10(16)8-11(12)17)13-14(18)20-5-3-2-4-6-21(20)15(13)22;15-9-7-10(16)11(18)6-8(9)12-13(17)19-4-2-1-3-5-20(19)14(12)21/h7-8,19H,2-6H2,1H3;6-7H,1-5,18H2. The zero-order valence-corrected chi connectivity index (χ0v) is 28.4. The van der Waals surface area contributed by atoms with Gasteiger partial charge in [-0.2, -0.15) is 8.78 Å². The minimum Gasteiger partial charge on any atom is -0.398 e. The van der Waals surface area contributed by atoms with Gasteiger partial charge in [-0.15, -0.1) is 0 Å². The van der Waals surface area contributed by atoms with Gasteiger partial charge in [-0.1, -0.05) is 46.4 Å². The van der Waals surface area contributed by atoms with Crippen molar-refractivity contribution in [2.45, 2.75) is 64.7 Å². The first kappa shape index (κ1) is 34.4. The maximum Gasteiger partial charge on any atom is 0.277 e. The molecule has 10 nitrogen and oxygen atoms in total. The van der Waals surface area contributed by atoms with Gasteiger partial charge in [0.1, 0.15) is 11.1 Å². The van der Waals surface area contributed by atoms with Crippen molar-refractivity contribution < 1.29 is 17.2 Å². The normalized spacial score (nSPS) is 14.8. The van der Waals surface area contributed by atoms with E-state index in [0.29, 0.717) is 26.2 Å². The lowest BCUT2D eigenvalue weighted by atomic mass is 10.1. The Bertz CT molecular complexity index is 2060. The molecular formula is C29H30Cl4F2N6O4S. The number of nitrogens with one attached hydrogen (secondary N) is 1. The smallest absolute Gasteiger partial charge is 0.277 e. The highest BCUT2D eigenvalue weighted by Crippen LogP contribution is 2.37. The molecule has 248 valence electrons. The van der Waals surface area contributed by atoms with Crippen molar-refractivity contribution in [2.24, 2.45) is 0 Å². The SMILES string of the molecule is CS(=O)(=O)Nc1cc(-c2c(F)n3n(c2=O)CCCCC3)c(Cl)cc1Cl.Nc1cc(-c2c(F)n3n(c2=O)CCCCC3)c(Cl)cc1Cl. The van der Waals surface area contributed by atoms with Crippen LogP contribution in [0, 0.1) is 11.9 Å². The second kappa shape index (κ2) is 13.6. The van der Waals surface area contributed by atoms with E-state index in [2.05, 4.69) is 4.72 Å². The molecule has 2 aromatic carbocycles. The van der Waals surface area contributed by atoms with Crippen molar-refractivity contribution in [3.05, 3.63) is 77.0 Å². The van der Waals surface area contributed by atoms with Gasteiger partial charge in [0, 0.05) is 37.3 Å². The Morgan fingerprint density at radius 3 is 1.52 bits per heavy atom. The number of halogens is 6. The first-order valence-corrected chi connectivity index (χ1v) is 17.8. The number of nitrogens with two attached hydrogens (primary N) is 1. The summed E-state index contributed by atoms with van der Waals surface area (Å²) in [4.78, 5) is 25.2. The average molecular weight is 738 g/mol. The summed E-state index contributed by atoms with van der Waals surface area (Å²) >= 11 is 24.2. The maximum absolute atomic E-state index is 14.9. The molecule has 0 spiro atoms. The number of anilines is 2. The first-order chi connectivity index (χ1) is 21.7.